The Morgan fingerprint density at radius 1 is 0.893 bits per heavy atom. The summed E-state index contributed by atoms with van der Waals surface area (Å²) in [6.45, 7) is 0.501. The molecule has 1 heterocycles. The van der Waals surface area contributed by atoms with E-state index in [2.05, 4.69) is 34.1 Å². The fourth-order valence-electron chi connectivity index (χ4n) is 3.47. The molecule has 0 aliphatic rings. The second-order valence-electron chi connectivity index (χ2n) is 6.73. The molecule has 1 amide bonds. The van der Waals surface area contributed by atoms with Crippen LogP contribution in [0.1, 0.15) is 0 Å². The van der Waals surface area contributed by atoms with E-state index in [1.54, 1.807) is 0 Å². The number of fused-ring (bicyclic) bond motifs is 3. The molecule has 28 heavy (non-hydrogen) atoms. The van der Waals surface area contributed by atoms with Crippen LogP contribution in [0.5, 0.6) is 0 Å². The van der Waals surface area contributed by atoms with Crippen LogP contribution in [0.25, 0.3) is 21.8 Å². The fourth-order valence-corrected chi connectivity index (χ4v) is 4.22. The van der Waals surface area contributed by atoms with Crippen molar-refractivity contribution in [3.8, 4) is 0 Å². The maximum atomic E-state index is 12.0. The van der Waals surface area contributed by atoms with Crippen molar-refractivity contribution in [1.29, 1.82) is 0 Å². The number of para-hydroxylation sites is 3. The number of benzene rings is 3. The van der Waals surface area contributed by atoms with Crippen molar-refractivity contribution in [2.24, 2.45) is 0 Å². The second kappa shape index (κ2) is 8.50. The quantitative estimate of drug-likeness (QED) is 0.488. The monoisotopic (exact) mass is 390 g/mol. The van der Waals surface area contributed by atoms with E-state index in [9.17, 15) is 9.90 Å². The molecule has 3 aromatic carbocycles. The molecule has 1 unspecified atom stereocenters. The van der Waals surface area contributed by atoms with E-state index < -0.39 is 6.10 Å². The number of thioether (sulfide) groups is 1. The molecular weight excluding hydrogens is 368 g/mol. The summed E-state index contributed by atoms with van der Waals surface area (Å²) in [7, 11) is 0. The highest BCUT2D eigenvalue weighted by atomic mass is 32.2. The number of carbonyl (C=O) groups excluding carboxylic acids is 1. The first-order chi connectivity index (χ1) is 13.7. The molecular formula is C23H22N2O2S. The van der Waals surface area contributed by atoms with Gasteiger partial charge in [-0.1, -0.05) is 54.6 Å². The van der Waals surface area contributed by atoms with Crippen LogP contribution >= 0.6 is 11.8 Å². The molecule has 142 valence electrons. The van der Waals surface area contributed by atoms with Gasteiger partial charge in [-0.2, -0.15) is 0 Å². The molecule has 0 saturated heterocycles. The smallest absolute Gasteiger partial charge is 0.234 e. The summed E-state index contributed by atoms with van der Waals surface area (Å²) in [5.74, 6) is 0.766. The molecule has 0 saturated carbocycles. The minimum absolute atomic E-state index is 0.0553. The van der Waals surface area contributed by atoms with Gasteiger partial charge in [-0.25, -0.2) is 0 Å². The van der Waals surface area contributed by atoms with E-state index >= 15 is 0 Å². The van der Waals surface area contributed by atoms with Gasteiger partial charge in [0.05, 0.1) is 11.9 Å². The van der Waals surface area contributed by atoms with Gasteiger partial charge < -0.3 is 15.0 Å². The number of aliphatic hydroxyl groups excluding tert-OH is 1. The first-order valence-corrected chi connectivity index (χ1v) is 10.4. The van der Waals surface area contributed by atoms with Gasteiger partial charge >= 0.3 is 0 Å². The van der Waals surface area contributed by atoms with Gasteiger partial charge in [0, 0.05) is 39.8 Å². The number of hydrogen-bond donors (Lipinski definition) is 2. The minimum Gasteiger partial charge on any atom is -0.390 e. The highest BCUT2D eigenvalue weighted by molar-refractivity contribution is 8.00. The van der Waals surface area contributed by atoms with Gasteiger partial charge in [0.25, 0.3) is 0 Å². The SMILES string of the molecule is O=C(CSCC(O)Cn1c2ccccc2c2ccccc21)Nc1ccccc1. The number of amides is 1. The Morgan fingerprint density at radius 2 is 1.46 bits per heavy atom. The molecule has 1 aromatic heterocycles. The lowest BCUT2D eigenvalue weighted by Gasteiger charge is -2.14. The van der Waals surface area contributed by atoms with E-state index in [1.165, 1.54) is 22.5 Å². The zero-order chi connectivity index (χ0) is 19.3. The van der Waals surface area contributed by atoms with Gasteiger partial charge in [-0.3, -0.25) is 4.79 Å². The molecule has 0 bridgehead atoms. The van der Waals surface area contributed by atoms with Gasteiger partial charge in [-0.05, 0) is 24.3 Å². The number of anilines is 1. The summed E-state index contributed by atoms with van der Waals surface area (Å²) in [4.78, 5) is 12.0. The molecule has 0 fully saturated rings. The zero-order valence-electron chi connectivity index (χ0n) is 15.4. The molecule has 4 aromatic rings. The van der Waals surface area contributed by atoms with Crippen molar-refractivity contribution in [3.05, 3.63) is 78.9 Å². The lowest BCUT2D eigenvalue weighted by atomic mass is 10.2. The highest BCUT2D eigenvalue weighted by Gasteiger charge is 2.14. The van der Waals surface area contributed by atoms with Crippen molar-refractivity contribution in [3.63, 3.8) is 0 Å². The van der Waals surface area contributed by atoms with E-state index in [0.29, 0.717) is 18.1 Å². The fraction of sp³-hybridized carbons (Fsp3) is 0.174. The Balaban J connectivity index is 1.39. The number of nitrogens with zero attached hydrogens (tertiary/aromatic N) is 1. The standard InChI is InChI=1S/C23H22N2O2S/c26-18(15-28-16-23(27)24-17-8-2-1-3-9-17)14-25-21-12-6-4-10-19(21)20-11-5-7-13-22(20)25/h1-13,18,26H,14-16H2,(H,24,27). The molecule has 1 atom stereocenters. The molecule has 0 aliphatic heterocycles. The topological polar surface area (TPSA) is 54.3 Å². The number of rotatable bonds is 7. The molecule has 2 N–H and O–H groups in total. The van der Waals surface area contributed by atoms with Crippen LogP contribution in [0.15, 0.2) is 78.9 Å². The normalized spacial score (nSPS) is 12.3. The van der Waals surface area contributed by atoms with Gasteiger partial charge in [0.15, 0.2) is 0 Å². The maximum absolute atomic E-state index is 12.0. The van der Waals surface area contributed by atoms with Crippen LogP contribution < -0.4 is 5.32 Å². The first-order valence-electron chi connectivity index (χ1n) is 9.29. The zero-order valence-corrected chi connectivity index (χ0v) is 16.2. The van der Waals surface area contributed by atoms with Crippen LogP contribution in [0.3, 0.4) is 0 Å². The number of nitrogens with one attached hydrogen (secondary N) is 1. The number of aromatic nitrogens is 1. The largest absolute Gasteiger partial charge is 0.390 e. The van der Waals surface area contributed by atoms with E-state index in [-0.39, 0.29) is 5.91 Å². The Morgan fingerprint density at radius 3 is 2.11 bits per heavy atom. The Bertz CT molecular complexity index is 1040. The summed E-state index contributed by atoms with van der Waals surface area (Å²) < 4.78 is 2.17. The predicted molar refractivity (Wildman–Crippen MR) is 118 cm³/mol. The molecule has 4 rings (SSSR count). The molecule has 4 nitrogen and oxygen atoms in total. The van der Waals surface area contributed by atoms with Gasteiger partial charge in [0.2, 0.25) is 5.91 Å². The van der Waals surface area contributed by atoms with Crippen LogP contribution in [-0.4, -0.2) is 33.2 Å². The van der Waals surface area contributed by atoms with Crippen LogP contribution in [0.2, 0.25) is 0 Å². The predicted octanol–water partition coefficient (Wildman–Crippen LogP) is 4.53. The van der Waals surface area contributed by atoms with E-state index in [4.69, 9.17) is 0 Å². The Hall–Kier alpha value is -2.76. The third-order valence-electron chi connectivity index (χ3n) is 4.67. The summed E-state index contributed by atoms with van der Waals surface area (Å²) in [6, 6.07) is 25.9. The molecule has 0 spiro atoms. The number of carbonyl (C=O) groups is 1. The Kier molecular flexibility index (Phi) is 5.65. The lowest BCUT2D eigenvalue weighted by Crippen LogP contribution is -2.20. The lowest BCUT2D eigenvalue weighted by molar-refractivity contribution is -0.113. The van der Waals surface area contributed by atoms with Crippen LogP contribution in [0, 0.1) is 0 Å². The molecule has 0 aliphatic carbocycles. The highest BCUT2D eigenvalue weighted by Crippen LogP contribution is 2.29. The minimum atomic E-state index is -0.534. The molecule has 0 radical (unpaired) electrons. The first kappa shape index (κ1) is 18.6. The maximum Gasteiger partial charge on any atom is 0.234 e. The van der Waals surface area contributed by atoms with Crippen molar-refractivity contribution in [1.82, 2.24) is 4.57 Å². The second-order valence-corrected chi connectivity index (χ2v) is 7.76. The van der Waals surface area contributed by atoms with E-state index in [0.717, 1.165) is 16.7 Å². The summed E-state index contributed by atoms with van der Waals surface area (Å²) in [5, 5.41) is 15.8. The van der Waals surface area contributed by atoms with Crippen LogP contribution in [-0.2, 0) is 11.3 Å². The summed E-state index contributed by atoms with van der Waals surface area (Å²) in [5.41, 5.74) is 3.03. The third-order valence-corrected chi connectivity index (χ3v) is 5.76. The van der Waals surface area contributed by atoms with Crippen molar-refractivity contribution in [2.75, 3.05) is 16.8 Å². The van der Waals surface area contributed by atoms with Crippen molar-refractivity contribution >= 4 is 45.2 Å². The Labute approximate surface area is 168 Å². The van der Waals surface area contributed by atoms with Crippen molar-refractivity contribution < 1.29 is 9.90 Å². The average Bonchev–Trinajstić information content (AvgIpc) is 3.03. The van der Waals surface area contributed by atoms with Gasteiger partial charge in [-0.15, -0.1) is 11.8 Å². The average molecular weight is 391 g/mol. The summed E-state index contributed by atoms with van der Waals surface area (Å²) >= 11 is 1.45. The van der Waals surface area contributed by atoms with Gasteiger partial charge in [0.1, 0.15) is 0 Å². The molecule has 5 heteroatoms. The third kappa shape index (κ3) is 4.06. The van der Waals surface area contributed by atoms with E-state index in [1.807, 2.05) is 54.6 Å². The number of hydrogen-bond acceptors (Lipinski definition) is 3. The van der Waals surface area contributed by atoms with Crippen LogP contribution in [0.4, 0.5) is 5.69 Å². The van der Waals surface area contributed by atoms with Crippen molar-refractivity contribution in [2.45, 2.75) is 12.6 Å². The summed E-state index contributed by atoms with van der Waals surface area (Å²) in [6.07, 6.45) is -0.534. The number of aliphatic hydroxyl groups is 1.